The molecule has 0 amide bonds. The second kappa shape index (κ2) is 14.9. The van der Waals surface area contributed by atoms with E-state index in [1.54, 1.807) is 56.3 Å². The van der Waals surface area contributed by atoms with Crippen LogP contribution < -0.4 is 0 Å². The molecule has 0 N–H and O–H groups in total. The Morgan fingerprint density at radius 2 is 0.831 bits per heavy atom. The summed E-state index contributed by atoms with van der Waals surface area (Å²) in [6, 6.07) is 42.6. The van der Waals surface area contributed by atoms with Crippen LogP contribution in [0.1, 0.15) is 33.4 Å². The van der Waals surface area contributed by atoms with Gasteiger partial charge in [0.05, 0.1) is 44.4 Å². The van der Waals surface area contributed by atoms with Gasteiger partial charge < -0.3 is 9.13 Å². The van der Waals surface area contributed by atoms with Crippen molar-refractivity contribution in [3.05, 3.63) is 191 Å². The van der Waals surface area contributed by atoms with E-state index in [2.05, 4.69) is 4.57 Å². The smallest absolute Gasteiger partial charge is 0.309 e. The minimum Gasteiger partial charge on any atom is -0.309 e. The van der Waals surface area contributed by atoms with E-state index in [1.807, 2.05) is 67.6 Å². The van der Waals surface area contributed by atoms with Crippen molar-refractivity contribution in [2.45, 2.75) is 39.3 Å². The molecule has 2 nitrogen and oxygen atoms in total. The number of alkyl halides is 9. The second-order valence-corrected chi connectivity index (χ2v) is 16.5. The van der Waals surface area contributed by atoms with Crippen molar-refractivity contribution in [1.82, 2.24) is 9.13 Å². The minimum atomic E-state index is -4.77. The summed E-state index contributed by atoms with van der Waals surface area (Å²) in [6.45, 7) is 5.18. The van der Waals surface area contributed by atoms with Crippen LogP contribution in [0, 0.1) is 20.8 Å². The van der Waals surface area contributed by atoms with Crippen LogP contribution in [0.2, 0.25) is 0 Å². The van der Waals surface area contributed by atoms with Gasteiger partial charge in [-0.3, -0.25) is 0 Å². The van der Waals surface area contributed by atoms with Gasteiger partial charge in [0.2, 0.25) is 0 Å². The number of aryl methyl sites for hydroxylation is 3. The van der Waals surface area contributed by atoms with E-state index >= 15 is 13.2 Å². The Hall–Kier alpha value is -7.27. The first-order valence-electron chi connectivity index (χ1n) is 20.6. The van der Waals surface area contributed by atoms with Crippen molar-refractivity contribution in [2.24, 2.45) is 0 Å². The van der Waals surface area contributed by atoms with E-state index in [-0.39, 0.29) is 16.8 Å². The predicted molar refractivity (Wildman–Crippen MR) is 241 cm³/mol. The average molecular weight is 883 g/mol. The zero-order chi connectivity index (χ0) is 45.7. The van der Waals surface area contributed by atoms with Crippen LogP contribution in [0.5, 0.6) is 0 Å². The summed E-state index contributed by atoms with van der Waals surface area (Å²) in [5.74, 6) is 0. The van der Waals surface area contributed by atoms with Gasteiger partial charge >= 0.3 is 18.5 Å². The molecule has 0 radical (unpaired) electrons. The quantitative estimate of drug-likeness (QED) is 0.152. The first-order chi connectivity index (χ1) is 30.9. The van der Waals surface area contributed by atoms with Crippen LogP contribution in [0.3, 0.4) is 0 Å². The number of aromatic nitrogens is 2. The number of hydrogen-bond donors (Lipinski definition) is 0. The maximum absolute atomic E-state index is 15.1. The molecule has 0 spiro atoms. The highest BCUT2D eigenvalue weighted by molar-refractivity contribution is 6.12. The first-order valence-corrected chi connectivity index (χ1v) is 20.6. The molecule has 324 valence electrons. The van der Waals surface area contributed by atoms with Crippen molar-refractivity contribution in [3.8, 4) is 44.8 Å². The number of benzene rings is 8. The SMILES string of the molecule is Cc1ccc(-c2ccc3c(c2)c2ccccc2n3-c2cc(-c3ccc(C)c(-n4c5ccccc5c5cc(-c6ccc(C(F)(F)F)cc6C)ccc54)c3)ccc2C(F)(F)F)c(C(F)(F)F)c1. The third-order valence-corrected chi connectivity index (χ3v) is 12.3. The molecule has 11 heteroatoms. The summed E-state index contributed by atoms with van der Waals surface area (Å²) in [4.78, 5) is 0. The molecular formula is C54H35F9N2. The minimum absolute atomic E-state index is 0.0343. The Kier molecular flexibility index (Phi) is 9.57. The summed E-state index contributed by atoms with van der Waals surface area (Å²) in [5.41, 5.74) is 5.31. The Bertz CT molecular complexity index is 3550. The van der Waals surface area contributed by atoms with Gasteiger partial charge in [-0.25, -0.2) is 0 Å². The van der Waals surface area contributed by atoms with Crippen molar-refractivity contribution < 1.29 is 39.5 Å². The predicted octanol–water partition coefficient (Wildman–Crippen LogP) is 16.9. The van der Waals surface area contributed by atoms with Crippen LogP contribution in [0.4, 0.5) is 39.5 Å². The van der Waals surface area contributed by atoms with Crippen LogP contribution >= 0.6 is 0 Å². The third-order valence-electron chi connectivity index (χ3n) is 12.3. The van der Waals surface area contributed by atoms with Crippen molar-refractivity contribution in [1.29, 1.82) is 0 Å². The fourth-order valence-electron chi connectivity index (χ4n) is 9.27. The van der Waals surface area contributed by atoms with Gasteiger partial charge in [0.25, 0.3) is 0 Å². The molecule has 65 heavy (non-hydrogen) atoms. The summed E-state index contributed by atoms with van der Waals surface area (Å²) >= 11 is 0. The average Bonchev–Trinajstić information content (AvgIpc) is 3.77. The molecule has 2 aromatic heterocycles. The van der Waals surface area contributed by atoms with Gasteiger partial charge in [0.15, 0.2) is 0 Å². The molecule has 2 heterocycles. The molecule has 0 unspecified atom stereocenters. The van der Waals surface area contributed by atoms with E-state index in [4.69, 9.17) is 0 Å². The molecule has 0 aliphatic rings. The lowest BCUT2D eigenvalue weighted by Crippen LogP contribution is -2.11. The number of fused-ring (bicyclic) bond motifs is 6. The van der Waals surface area contributed by atoms with Gasteiger partial charge in [0.1, 0.15) is 0 Å². The third kappa shape index (κ3) is 7.10. The molecular weight excluding hydrogens is 848 g/mol. The zero-order valence-electron chi connectivity index (χ0n) is 34.8. The van der Waals surface area contributed by atoms with Gasteiger partial charge in [-0.1, -0.05) is 90.5 Å². The molecule has 0 aliphatic heterocycles. The molecule has 0 aliphatic carbocycles. The Labute approximate surface area is 366 Å². The van der Waals surface area contributed by atoms with Crippen LogP contribution in [0.15, 0.2) is 158 Å². The van der Waals surface area contributed by atoms with Gasteiger partial charge in [-0.05, 0) is 138 Å². The fourth-order valence-corrected chi connectivity index (χ4v) is 9.27. The second-order valence-electron chi connectivity index (χ2n) is 16.5. The molecule has 0 saturated heterocycles. The van der Waals surface area contributed by atoms with E-state index in [0.717, 1.165) is 62.9 Å². The monoisotopic (exact) mass is 882 g/mol. The van der Waals surface area contributed by atoms with Crippen molar-refractivity contribution >= 4 is 43.6 Å². The maximum Gasteiger partial charge on any atom is 0.418 e. The Balaban J connectivity index is 1.13. The highest BCUT2D eigenvalue weighted by Gasteiger charge is 2.36. The summed E-state index contributed by atoms with van der Waals surface area (Å²) in [5, 5.41) is 2.84. The fraction of sp³-hybridized carbons (Fsp3) is 0.111. The molecule has 10 rings (SSSR count). The lowest BCUT2D eigenvalue weighted by molar-refractivity contribution is -0.138. The largest absolute Gasteiger partial charge is 0.418 e. The molecule has 10 aromatic rings. The highest BCUT2D eigenvalue weighted by Crippen LogP contribution is 2.45. The lowest BCUT2D eigenvalue weighted by Gasteiger charge is -2.19. The zero-order valence-corrected chi connectivity index (χ0v) is 34.8. The standard InChI is InChI=1S/C54H35F9N2/c1-30-12-19-39(45(24-30)54(61,62)63)36-17-23-49-43(27-36)41-9-5-7-11-47(41)65(49)51-29-34(15-21-44(51)53(58,59)60)33-14-13-31(2)50(28-33)64-46-10-6-4-8-40(46)42-26-35(16-22-48(42)64)38-20-18-37(25-32(38)3)52(55,56)57/h4-29H,1-3H3. The van der Waals surface area contributed by atoms with Crippen LogP contribution in [-0.2, 0) is 18.5 Å². The molecule has 0 bridgehead atoms. The van der Waals surface area contributed by atoms with E-state index < -0.39 is 35.2 Å². The van der Waals surface area contributed by atoms with E-state index in [0.29, 0.717) is 49.6 Å². The summed E-state index contributed by atoms with van der Waals surface area (Å²) in [7, 11) is 0. The number of hydrogen-bond acceptors (Lipinski definition) is 0. The summed E-state index contributed by atoms with van der Waals surface area (Å²) in [6.07, 6.45) is -13.9. The molecule has 0 fully saturated rings. The number of para-hydroxylation sites is 2. The first kappa shape index (κ1) is 41.7. The lowest BCUT2D eigenvalue weighted by atomic mass is 9.96. The normalized spacial score (nSPS) is 12.6. The highest BCUT2D eigenvalue weighted by atomic mass is 19.4. The molecule has 0 saturated carbocycles. The van der Waals surface area contributed by atoms with Gasteiger partial charge in [0, 0.05) is 27.2 Å². The summed E-state index contributed by atoms with van der Waals surface area (Å²) < 4.78 is 132. The van der Waals surface area contributed by atoms with Gasteiger partial charge in [-0.2, -0.15) is 39.5 Å². The van der Waals surface area contributed by atoms with Crippen molar-refractivity contribution in [3.63, 3.8) is 0 Å². The Morgan fingerprint density at radius 3 is 1.40 bits per heavy atom. The molecule has 0 atom stereocenters. The Morgan fingerprint density at radius 1 is 0.338 bits per heavy atom. The topological polar surface area (TPSA) is 9.86 Å². The number of nitrogens with zero attached hydrogens (tertiary/aromatic N) is 2. The molecule has 8 aromatic carbocycles. The number of halogens is 9. The van der Waals surface area contributed by atoms with E-state index in [1.165, 1.54) is 34.9 Å². The van der Waals surface area contributed by atoms with Crippen LogP contribution in [-0.4, -0.2) is 9.13 Å². The van der Waals surface area contributed by atoms with Crippen molar-refractivity contribution in [2.75, 3.05) is 0 Å². The number of rotatable bonds is 5. The maximum atomic E-state index is 15.1. The van der Waals surface area contributed by atoms with Gasteiger partial charge in [-0.15, -0.1) is 0 Å². The van der Waals surface area contributed by atoms with E-state index in [9.17, 15) is 26.3 Å². The van der Waals surface area contributed by atoms with Crippen LogP contribution in [0.25, 0.3) is 88.4 Å².